The number of esters is 3. The lowest BCUT2D eigenvalue weighted by Crippen LogP contribution is -2.13. The van der Waals surface area contributed by atoms with Crippen LogP contribution in [0.3, 0.4) is 0 Å². The fourth-order valence-corrected chi connectivity index (χ4v) is 8.19. The number of carbonyl (C=O) groups excluding carboxylic acids is 3. The minimum absolute atomic E-state index is 0.262. The summed E-state index contributed by atoms with van der Waals surface area (Å²) in [5.41, 5.74) is 11.7. The summed E-state index contributed by atoms with van der Waals surface area (Å²) in [4.78, 5) is 51.1. The summed E-state index contributed by atoms with van der Waals surface area (Å²) in [5, 5.41) is 10.5. The quantitative estimate of drug-likeness (QED) is 0.146. The molecule has 5 aromatic rings. The molecule has 2 N–H and O–H groups in total. The predicted octanol–water partition coefficient (Wildman–Crippen LogP) is 6.70. The van der Waals surface area contributed by atoms with Gasteiger partial charge >= 0.3 is 23.7 Å². The van der Waals surface area contributed by atoms with Gasteiger partial charge in [-0.1, -0.05) is 23.2 Å². The number of ether oxygens (including phenoxy) is 3. The zero-order valence-electron chi connectivity index (χ0n) is 33.7. The molecule has 0 fully saturated rings. The van der Waals surface area contributed by atoms with Crippen molar-refractivity contribution >= 4 is 63.9 Å². The number of rotatable bonds is 4. The average molecular weight is 846 g/mol. The molecule has 0 saturated heterocycles. The molecule has 16 heteroatoms. The molecule has 0 radical (unpaired) electrons. The number of hydrogen-bond acceptors (Lipinski definition) is 13. The van der Waals surface area contributed by atoms with E-state index in [1.165, 1.54) is 38.1 Å². The second-order valence-corrected chi connectivity index (χ2v) is 15.0. The highest BCUT2D eigenvalue weighted by molar-refractivity contribution is 6.34. The molecule has 0 unspecified atom stereocenters. The Hall–Kier alpha value is -5.99. The first-order chi connectivity index (χ1) is 28.3. The molecule has 5 heterocycles. The highest BCUT2D eigenvalue weighted by Crippen LogP contribution is 2.38. The summed E-state index contributed by atoms with van der Waals surface area (Å²) in [5.74, 6) is -1.16. The van der Waals surface area contributed by atoms with Crippen molar-refractivity contribution in [3.63, 3.8) is 0 Å². The largest absolute Gasteiger partial charge is 0.465 e. The summed E-state index contributed by atoms with van der Waals surface area (Å²) in [6, 6.07) is 18.6. The molecule has 0 aliphatic carbocycles. The minimum Gasteiger partial charge on any atom is -0.465 e. The molecule has 0 atom stereocenters. The Labute approximate surface area is 351 Å². The first-order valence-electron chi connectivity index (χ1n) is 18.9. The van der Waals surface area contributed by atoms with E-state index < -0.39 is 5.76 Å². The molecule has 9 rings (SSSR count). The van der Waals surface area contributed by atoms with Crippen molar-refractivity contribution in [3.8, 4) is 11.5 Å². The molecular formula is C43H46Cl2N6O8. The number of carbonyl (C=O) groups is 3. The van der Waals surface area contributed by atoms with Crippen molar-refractivity contribution in [3.05, 3.63) is 120 Å². The van der Waals surface area contributed by atoms with Gasteiger partial charge in [0.1, 0.15) is 0 Å². The van der Waals surface area contributed by atoms with Gasteiger partial charge in [0.15, 0.2) is 0 Å². The maximum atomic E-state index is 11.4. The number of likely N-dealkylation sites (N-methyl/N-ethyl adjacent to an activating group) is 3. The van der Waals surface area contributed by atoms with Gasteiger partial charge < -0.3 is 38.6 Å². The van der Waals surface area contributed by atoms with E-state index in [9.17, 15) is 19.2 Å². The summed E-state index contributed by atoms with van der Waals surface area (Å²) in [6.45, 7) is 3.88. The normalized spacial score (nSPS) is 13.9. The van der Waals surface area contributed by atoms with Crippen LogP contribution in [0.4, 0.5) is 22.7 Å². The van der Waals surface area contributed by atoms with Crippen LogP contribution in [0, 0.1) is 0 Å². The van der Waals surface area contributed by atoms with Gasteiger partial charge in [-0.05, 0) is 109 Å². The van der Waals surface area contributed by atoms with Gasteiger partial charge in [-0.25, -0.2) is 24.3 Å². The zero-order valence-corrected chi connectivity index (χ0v) is 35.3. The Balaban J connectivity index is 0.000000133. The third-order valence-electron chi connectivity index (χ3n) is 10.5. The Morgan fingerprint density at radius 1 is 0.644 bits per heavy atom. The Morgan fingerprint density at radius 2 is 1.17 bits per heavy atom. The molecule has 4 aromatic carbocycles. The van der Waals surface area contributed by atoms with Crippen molar-refractivity contribution in [2.45, 2.75) is 25.7 Å². The molecule has 14 nitrogen and oxygen atoms in total. The maximum Gasteiger partial charge on any atom is 0.434 e. The van der Waals surface area contributed by atoms with Crippen LogP contribution in [0.15, 0.2) is 69.9 Å². The number of aromatic nitrogens is 2. The van der Waals surface area contributed by atoms with Crippen LogP contribution < -0.4 is 25.8 Å². The second-order valence-electron chi connectivity index (χ2n) is 14.2. The van der Waals surface area contributed by atoms with E-state index in [0.717, 1.165) is 85.6 Å². The van der Waals surface area contributed by atoms with Crippen LogP contribution in [-0.2, 0) is 39.9 Å². The van der Waals surface area contributed by atoms with Crippen molar-refractivity contribution in [2.24, 2.45) is 0 Å². The van der Waals surface area contributed by atoms with Gasteiger partial charge in [-0.2, -0.15) is 0 Å². The molecule has 1 aromatic heterocycles. The Morgan fingerprint density at radius 3 is 1.78 bits per heavy atom. The number of halogens is 2. The van der Waals surface area contributed by atoms with E-state index in [4.69, 9.17) is 27.6 Å². The number of aromatic amines is 1. The SMILES string of the molecule is CN1CCc2cc(-c3n[nH]c(=O)o3)cc(Cl)c21.COC(=O)c1cc(Cl)c2c(c1)CCN2C.COC(=O)c1ccc2c(c1)CCN2.COC(=O)c1ccc2c(c1)CCN2C. The summed E-state index contributed by atoms with van der Waals surface area (Å²) >= 11 is 12.3. The van der Waals surface area contributed by atoms with E-state index in [2.05, 4.69) is 51.5 Å². The lowest BCUT2D eigenvalue weighted by Gasteiger charge is -2.14. The number of H-pyrrole nitrogens is 1. The van der Waals surface area contributed by atoms with E-state index in [0.29, 0.717) is 26.7 Å². The number of benzene rings is 4. The minimum atomic E-state index is -0.561. The molecule has 59 heavy (non-hydrogen) atoms. The zero-order chi connectivity index (χ0) is 42.4. The van der Waals surface area contributed by atoms with E-state index in [1.807, 2.05) is 56.6 Å². The van der Waals surface area contributed by atoms with Gasteiger partial charge in [0.2, 0.25) is 5.89 Å². The Bertz CT molecular complexity index is 2430. The monoisotopic (exact) mass is 844 g/mol. The standard InChI is InChI=1S/C11H10ClN3O2.C11H12ClNO2.C11H13NO2.C10H11NO2/c1-15-3-2-6-4-7(5-8(12)9(6)15)10-13-14-11(16)17-10;1-13-4-3-7-5-8(11(14)15-2)6-9(12)10(7)13;1-12-6-5-8-7-9(11(13)14-2)3-4-10(8)12;1-13-10(12)8-2-3-9-7(6-8)4-5-11-9/h4-5H,2-3H2,1H3,(H,14,16);5-6H,3-4H2,1-2H3;3-4,7H,5-6H2,1-2H3;2-3,6,11H,4-5H2,1H3. The van der Waals surface area contributed by atoms with Crippen molar-refractivity contribution in [2.75, 3.05) is 88.7 Å². The lowest BCUT2D eigenvalue weighted by atomic mass is 10.1. The van der Waals surface area contributed by atoms with Gasteiger partial charge in [0.05, 0.1) is 59.4 Å². The predicted molar refractivity (Wildman–Crippen MR) is 229 cm³/mol. The molecule has 0 spiro atoms. The van der Waals surface area contributed by atoms with Crippen molar-refractivity contribution < 1.29 is 33.0 Å². The summed E-state index contributed by atoms with van der Waals surface area (Å²) in [7, 11) is 10.2. The van der Waals surface area contributed by atoms with Crippen LogP contribution in [0.1, 0.15) is 53.3 Å². The number of nitrogens with zero attached hydrogens (tertiary/aromatic N) is 4. The second kappa shape index (κ2) is 18.7. The van der Waals surface area contributed by atoms with Gasteiger partial charge in [-0.15, -0.1) is 5.10 Å². The fourth-order valence-electron chi connectivity index (χ4n) is 7.42. The number of nitrogens with one attached hydrogen (secondary N) is 2. The van der Waals surface area contributed by atoms with Crippen LogP contribution in [0.25, 0.3) is 11.5 Å². The summed E-state index contributed by atoms with van der Waals surface area (Å²) in [6.07, 6.45) is 3.86. The van der Waals surface area contributed by atoms with Gasteiger partial charge in [0.25, 0.3) is 0 Å². The topological polar surface area (TPSA) is 160 Å². The number of methoxy groups -OCH3 is 3. The fraction of sp³-hybridized carbons (Fsp3) is 0.326. The first kappa shape index (κ1) is 42.6. The highest BCUT2D eigenvalue weighted by atomic mass is 35.5. The first-order valence-corrected chi connectivity index (χ1v) is 19.7. The maximum absolute atomic E-state index is 11.4. The molecule has 0 bridgehead atoms. The smallest absolute Gasteiger partial charge is 0.434 e. The molecule has 4 aliphatic heterocycles. The molecule has 310 valence electrons. The van der Waals surface area contributed by atoms with E-state index >= 15 is 0 Å². The van der Waals surface area contributed by atoms with E-state index in [-0.39, 0.29) is 23.8 Å². The van der Waals surface area contributed by atoms with Gasteiger partial charge in [0, 0.05) is 64.3 Å². The number of anilines is 4. The number of hydrogen-bond donors (Lipinski definition) is 2. The molecule has 0 saturated carbocycles. The molecule has 4 aliphatic rings. The van der Waals surface area contributed by atoms with Crippen LogP contribution in [-0.4, -0.2) is 96.8 Å². The lowest BCUT2D eigenvalue weighted by molar-refractivity contribution is 0.0592. The van der Waals surface area contributed by atoms with E-state index in [1.54, 1.807) is 18.2 Å². The molecule has 0 amide bonds. The van der Waals surface area contributed by atoms with Crippen LogP contribution >= 0.6 is 23.2 Å². The molecular weight excluding hydrogens is 799 g/mol. The Kier molecular flexibility index (Phi) is 13.5. The number of fused-ring (bicyclic) bond motifs is 4. The highest BCUT2D eigenvalue weighted by Gasteiger charge is 2.23. The van der Waals surface area contributed by atoms with Crippen LogP contribution in [0.2, 0.25) is 10.0 Å². The summed E-state index contributed by atoms with van der Waals surface area (Å²) < 4.78 is 18.9. The van der Waals surface area contributed by atoms with Gasteiger partial charge in [-0.3, -0.25) is 0 Å². The van der Waals surface area contributed by atoms with Crippen molar-refractivity contribution in [1.82, 2.24) is 10.2 Å². The average Bonchev–Trinajstić information content (AvgIpc) is 4.10. The third kappa shape index (κ3) is 9.67. The van der Waals surface area contributed by atoms with Crippen LogP contribution in [0.5, 0.6) is 0 Å². The van der Waals surface area contributed by atoms with Crippen molar-refractivity contribution in [1.29, 1.82) is 0 Å². The third-order valence-corrected chi connectivity index (χ3v) is 11.0.